The van der Waals surface area contributed by atoms with Crippen molar-refractivity contribution in [1.29, 1.82) is 0 Å². The van der Waals surface area contributed by atoms with Gasteiger partial charge in [0, 0.05) is 17.1 Å². The van der Waals surface area contributed by atoms with Gasteiger partial charge in [0.05, 0.1) is 6.67 Å². The molecule has 1 heterocycles. The van der Waals surface area contributed by atoms with Crippen LogP contribution in [-0.4, -0.2) is 40.0 Å². The van der Waals surface area contributed by atoms with Crippen molar-refractivity contribution in [3.05, 3.63) is 34.9 Å². The van der Waals surface area contributed by atoms with E-state index in [9.17, 15) is 9.59 Å². The molecule has 2 aliphatic carbocycles. The number of rotatable bonds is 5. The molecule has 1 saturated heterocycles. The lowest BCUT2D eigenvalue weighted by Crippen LogP contribution is -2.49. The first-order valence-electron chi connectivity index (χ1n) is 9.66. The van der Waals surface area contributed by atoms with Crippen LogP contribution in [0.25, 0.3) is 0 Å². The Morgan fingerprint density at radius 1 is 1.23 bits per heavy atom. The van der Waals surface area contributed by atoms with E-state index in [1.165, 1.54) is 4.90 Å². The summed E-state index contributed by atoms with van der Waals surface area (Å²) in [6, 6.07) is 8.04. The Morgan fingerprint density at radius 3 is 2.58 bits per heavy atom. The van der Waals surface area contributed by atoms with Crippen LogP contribution in [0.5, 0.6) is 0 Å². The molecule has 1 N–H and O–H groups in total. The molecular formula is C20H26ClN3O2. The van der Waals surface area contributed by atoms with Crippen LogP contribution in [0.4, 0.5) is 4.79 Å². The summed E-state index contributed by atoms with van der Waals surface area (Å²) in [5.41, 5.74) is 0.388. The average molecular weight is 376 g/mol. The number of benzene rings is 1. The van der Waals surface area contributed by atoms with Crippen molar-refractivity contribution in [2.75, 3.05) is 6.67 Å². The summed E-state index contributed by atoms with van der Waals surface area (Å²) in [6.45, 7) is 2.44. The van der Waals surface area contributed by atoms with Crippen LogP contribution in [-0.2, 0) is 4.79 Å². The van der Waals surface area contributed by atoms with Crippen molar-refractivity contribution in [3.63, 3.8) is 0 Å². The summed E-state index contributed by atoms with van der Waals surface area (Å²) in [7, 11) is 0. The van der Waals surface area contributed by atoms with E-state index in [0.717, 1.165) is 55.5 Å². The Morgan fingerprint density at radius 2 is 1.92 bits per heavy atom. The number of amides is 3. The summed E-state index contributed by atoms with van der Waals surface area (Å²) >= 11 is 6.39. The van der Waals surface area contributed by atoms with E-state index >= 15 is 0 Å². The maximum Gasteiger partial charge on any atom is 0.326 e. The van der Waals surface area contributed by atoms with Crippen LogP contribution in [0.2, 0.25) is 5.02 Å². The van der Waals surface area contributed by atoms with Gasteiger partial charge in [-0.15, -0.1) is 0 Å². The lowest BCUT2D eigenvalue weighted by molar-refractivity contribution is -0.134. The number of halogens is 1. The molecule has 3 amide bonds. The molecule has 26 heavy (non-hydrogen) atoms. The zero-order chi connectivity index (χ0) is 18.3. The predicted octanol–water partition coefficient (Wildman–Crippen LogP) is 4.08. The number of carbonyl (C=O) groups excluding carboxylic acids is 2. The highest BCUT2D eigenvalue weighted by Crippen LogP contribution is 2.38. The fraction of sp³-hybridized carbons (Fsp3) is 0.600. The van der Waals surface area contributed by atoms with E-state index in [4.69, 9.17) is 11.6 Å². The Bertz CT molecular complexity index is 713. The molecule has 0 bridgehead atoms. The smallest absolute Gasteiger partial charge is 0.323 e. The first-order valence-corrected chi connectivity index (χ1v) is 10.0. The first-order chi connectivity index (χ1) is 12.5. The van der Waals surface area contributed by atoms with Crippen LogP contribution in [0.1, 0.15) is 63.5 Å². The van der Waals surface area contributed by atoms with E-state index < -0.39 is 5.54 Å². The maximum atomic E-state index is 13.1. The van der Waals surface area contributed by atoms with E-state index in [1.54, 1.807) is 0 Å². The lowest BCUT2D eigenvalue weighted by Gasteiger charge is -2.34. The molecule has 140 valence electrons. The minimum absolute atomic E-state index is 0.0424. The van der Waals surface area contributed by atoms with Gasteiger partial charge in [0.1, 0.15) is 5.54 Å². The Labute approximate surface area is 159 Å². The Hall–Kier alpha value is -1.59. The third kappa shape index (κ3) is 3.12. The van der Waals surface area contributed by atoms with Crippen LogP contribution in [0, 0.1) is 0 Å². The van der Waals surface area contributed by atoms with Gasteiger partial charge in [-0.25, -0.2) is 9.69 Å². The molecule has 1 spiro atoms. The van der Waals surface area contributed by atoms with Gasteiger partial charge in [0.2, 0.25) is 0 Å². The van der Waals surface area contributed by atoms with Gasteiger partial charge in [-0.3, -0.25) is 9.69 Å². The molecule has 0 unspecified atom stereocenters. The second-order valence-electron chi connectivity index (χ2n) is 7.89. The molecule has 0 radical (unpaired) electrons. The fourth-order valence-corrected chi connectivity index (χ4v) is 4.71. The number of nitrogens with zero attached hydrogens (tertiary/aromatic N) is 2. The number of imide groups is 1. The molecule has 1 aromatic rings. The Balaban J connectivity index is 1.55. The molecule has 3 fully saturated rings. The van der Waals surface area contributed by atoms with Gasteiger partial charge >= 0.3 is 6.03 Å². The second-order valence-corrected chi connectivity index (χ2v) is 8.30. The molecule has 1 aromatic carbocycles. The Kier molecular flexibility index (Phi) is 4.70. The predicted molar refractivity (Wildman–Crippen MR) is 101 cm³/mol. The van der Waals surface area contributed by atoms with Gasteiger partial charge in [-0.2, -0.15) is 0 Å². The van der Waals surface area contributed by atoms with Crippen LogP contribution >= 0.6 is 11.6 Å². The molecule has 6 heteroatoms. The number of carbonyl (C=O) groups is 2. The molecular weight excluding hydrogens is 350 g/mol. The zero-order valence-corrected chi connectivity index (χ0v) is 16.0. The van der Waals surface area contributed by atoms with Crippen molar-refractivity contribution in [1.82, 2.24) is 15.1 Å². The lowest BCUT2D eigenvalue weighted by atomic mass is 9.82. The monoisotopic (exact) mass is 375 g/mol. The van der Waals surface area contributed by atoms with Gasteiger partial charge in [0.25, 0.3) is 5.91 Å². The van der Waals surface area contributed by atoms with E-state index in [1.807, 2.05) is 24.3 Å². The highest BCUT2D eigenvalue weighted by molar-refractivity contribution is 6.31. The first kappa shape index (κ1) is 17.8. The van der Waals surface area contributed by atoms with Crippen LogP contribution in [0.3, 0.4) is 0 Å². The summed E-state index contributed by atoms with van der Waals surface area (Å²) in [4.78, 5) is 29.4. The average Bonchev–Trinajstić information content (AvgIpc) is 3.44. The molecule has 5 nitrogen and oxygen atoms in total. The standard InChI is InChI=1S/C20H26ClN3O2/c1-14(16-7-3-4-8-17(16)21)23(15-9-10-15)13-24-18(25)20(22-19(24)26)11-5-2-6-12-20/h3-4,7-8,14-15H,2,5-6,9-13H2,1H3,(H,22,26)/t14-/m0/s1. The van der Waals surface area contributed by atoms with Gasteiger partial charge in [-0.05, 0) is 44.2 Å². The number of hydrogen-bond acceptors (Lipinski definition) is 3. The quantitative estimate of drug-likeness (QED) is 0.789. The number of hydrogen-bond donors (Lipinski definition) is 1. The SMILES string of the molecule is C[C@@H](c1ccccc1Cl)N(CN1C(=O)NC2(CCCCC2)C1=O)C1CC1. The highest BCUT2D eigenvalue weighted by atomic mass is 35.5. The summed E-state index contributed by atoms with van der Waals surface area (Å²) in [5, 5.41) is 3.74. The van der Waals surface area contributed by atoms with Crippen molar-refractivity contribution in [2.45, 2.75) is 69.5 Å². The molecule has 2 saturated carbocycles. The van der Waals surface area contributed by atoms with Crippen molar-refractivity contribution < 1.29 is 9.59 Å². The summed E-state index contributed by atoms with van der Waals surface area (Å²) < 4.78 is 0. The topological polar surface area (TPSA) is 52.6 Å². The molecule has 3 aliphatic rings. The molecule has 0 aromatic heterocycles. The second kappa shape index (κ2) is 6.86. The van der Waals surface area contributed by atoms with Gasteiger partial charge in [0.15, 0.2) is 0 Å². The third-order valence-electron chi connectivity index (χ3n) is 6.13. The largest absolute Gasteiger partial charge is 0.326 e. The number of urea groups is 1. The van der Waals surface area contributed by atoms with E-state index in [0.29, 0.717) is 12.7 Å². The van der Waals surface area contributed by atoms with Crippen molar-refractivity contribution in [3.8, 4) is 0 Å². The van der Waals surface area contributed by atoms with Gasteiger partial charge in [-0.1, -0.05) is 49.1 Å². The normalized spacial score (nSPS) is 23.6. The summed E-state index contributed by atoms with van der Waals surface area (Å²) in [5.74, 6) is -0.0424. The molecule has 1 aliphatic heterocycles. The highest BCUT2D eigenvalue weighted by Gasteiger charge is 2.52. The minimum Gasteiger partial charge on any atom is -0.323 e. The van der Waals surface area contributed by atoms with Gasteiger partial charge < -0.3 is 5.32 Å². The minimum atomic E-state index is -0.655. The zero-order valence-electron chi connectivity index (χ0n) is 15.2. The fourth-order valence-electron chi connectivity index (χ4n) is 4.42. The van der Waals surface area contributed by atoms with Crippen molar-refractivity contribution >= 4 is 23.5 Å². The van der Waals surface area contributed by atoms with E-state index in [2.05, 4.69) is 17.1 Å². The molecule has 1 atom stereocenters. The van der Waals surface area contributed by atoms with E-state index in [-0.39, 0.29) is 18.0 Å². The molecule has 4 rings (SSSR count). The van der Waals surface area contributed by atoms with Crippen LogP contribution in [0.15, 0.2) is 24.3 Å². The summed E-state index contributed by atoms with van der Waals surface area (Å²) in [6.07, 6.45) is 6.87. The number of nitrogens with one attached hydrogen (secondary N) is 1. The van der Waals surface area contributed by atoms with Crippen LogP contribution < -0.4 is 5.32 Å². The van der Waals surface area contributed by atoms with Crippen molar-refractivity contribution in [2.24, 2.45) is 0 Å². The third-order valence-corrected chi connectivity index (χ3v) is 6.47. The maximum absolute atomic E-state index is 13.1.